The maximum atomic E-state index is 11.9. The summed E-state index contributed by atoms with van der Waals surface area (Å²) in [5.74, 6) is 0.164. The minimum Gasteiger partial charge on any atom is -0.490 e. The molecule has 0 fully saturated rings. The van der Waals surface area contributed by atoms with Crippen LogP contribution < -0.4 is 15.4 Å². The highest BCUT2D eigenvalue weighted by Crippen LogP contribution is 2.24. The molecule has 1 amide bonds. The van der Waals surface area contributed by atoms with Gasteiger partial charge >= 0.3 is 6.09 Å². The number of Topliss-reactive ketones (excluding diaryl/α,β-unsaturated/α-hetero) is 1. The van der Waals surface area contributed by atoms with Crippen molar-refractivity contribution < 1.29 is 24.2 Å². The molecule has 0 aliphatic heterocycles. The lowest BCUT2D eigenvalue weighted by Crippen LogP contribution is -2.42. The lowest BCUT2D eigenvalue weighted by Gasteiger charge is -2.23. The highest BCUT2D eigenvalue weighted by molar-refractivity contribution is 5.98. The first kappa shape index (κ1) is 22.9. The largest absolute Gasteiger partial charge is 0.490 e. The number of ketones is 1. The molecule has 0 radical (unpaired) electrons. The Bertz CT molecular complexity index is 625. The van der Waals surface area contributed by atoms with Crippen molar-refractivity contribution in [2.75, 3.05) is 25.1 Å². The predicted molar refractivity (Wildman–Crippen MR) is 106 cm³/mol. The van der Waals surface area contributed by atoms with Crippen molar-refractivity contribution in [3.05, 3.63) is 23.8 Å². The van der Waals surface area contributed by atoms with Gasteiger partial charge in [0.25, 0.3) is 0 Å². The Morgan fingerprint density at radius 1 is 1.26 bits per heavy atom. The molecule has 1 aromatic rings. The maximum Gasteiger partial charge on any atom is 0.411 e. The van der Waals surface area contributed by atoms with E-state index in [4.69, 9.17) is 9.47 Å². The third kappa shape index (κ3) is 9.40. The molecule has 3 N–H and O–H groups in total. The van der Waals surface area contributed by atoms with E-state index in [2.05, 4.69) is 10.6 Å². The number of carbonyl (C=O) groups excluding carboxylic acids is 2. The Morgan fingerprint density at radius 2 is 1.96 bits per heavy atom. The van der Waals surface area contributed by atoms with Gasteiger partial charge in [0.1, 0.15) is 18.5 Å². The number of rotatable bonds is 10. The van der Waals surface area contributed by atoms with Gasteiger partial charge in [0.15, 0.2) is 5.78 Å². The molecule has 0 saturated heterocycles. The summed E-state index contributed by atoms with van der Waals surface area (Å²) in [5.41, 5.74) is 0.672. The van der Waals surface area contributed by atoms with E-state index in [9.17, 15) is 14.7 Å². The average Bonchev–Trinajstić information content (AvgIpc) is 2.58. The highest BCUT2D eigenvalue weighted by atomic mass is 16.5. The first-order chi connectivity index (χ1) is 12.6. The molecule has 1 unspecified atom stereocenters. The fourth-order valence-electron chi connectivity index (χ4n) is 2.14. The minimum atomic E-state index is -0.713. The fourth-order valence-corrected chi connectivity index (χ4v) is 2.14. The van der Waals surface area contributed by atoms with E-state index in [0.717, 1.165) is 12.8 Å². The Balaban J connectivity index is 2.68. The number of nitrogens with one attached hydrogen (secondary N) is 2. The third-order valence-electron chi connectivity index (χ3n) is 3.64. The van der Waals surface area contributed by atoms with E-state index < -0.39 is 12.2 Å². The van der Waals surface area contributed by atoms with Gasteiger partial charge in [-0.05, 0) is 52.3 Å². The number of ether oxygens (including phenoxy) is 2. The predicted octanol–water partition coefficient (Wildman–Crippen LogP) is 3.37. The lowest BCUT2D eigenvalue weighted by atomic mass is 10.1. The lowest BCUT2D eigenvalue weighted by molar-refractivity contribution is 0.0950. The summed E-state index contributed by atoms with van der Waals surface area (Å²) in [6.45, 7) is 10.2. The Morgan fingerprint density at radius 3 is 2.56 bits per heavy atom. The molecule has 7 nitrogen and oxygen atoms in total. The minimum absolute atomic E-state index is 0.0508. The molecule has 1 aromatic carbocycles. The summed E-state index contributed by atoms with van der Waals surface area (Å²) in [4.78, 5) is 23.6. The number of aliphatic hydroxyl groups is 1. The number of amides is 1. The Kier molecular flexibility index (Phi) is 9.25. The van der Waals surface area contributed by atoms with Crippen LogP contribution in [-0.2, 0) is 4.74 Å². The summed E-state index contributed by atoms with van der Waals surface area (Å²) in [7, 11) is 0. The van der Waals surface area contributed by atoms with Crippen molar-refractivity contribution in [3.63, 3.8) is 0 Å². The first-order valence-electron chi connectivity index (χ1n) is 9.27. The van der Waals surface area contributed by atoms with Crippen LogP contribution in [0.25, 0.3) is 0 Å². The first-order valence-corrected chi connectivity index (χ1v) is 9.27. The Hall–Kier alpha value is -2.12. The summed E-state index contributed by atoms with van der Waals surface area (Å²) in [6, 6.07) is 4.77. The molecular formula is C20H32N2O5. The molecule has 0 saturated carbocycles. The second kappa shape index (κ2) is 10.9. The van der Waals surface area contributed by atoms with Gasteiger partial charge in [-0.2, -0.15) is 0 Å². The molecule has 0 aliphatic rings. The zero-order chi connectivity index (χ0) is 20.4. The van der Waals surface area contributed by atoms with Gasteiger partial charge in [-0.1, -0.05) is 13.3 Å². The van der Waals surface area contributed by atoms with Gasteiger partial charge in [-0.15, -0.1) is 0 Å². The van der Waals surface area contributed by atoms with Crippen molar-refractivity contribution in [3.8, 4) is 5.75 Å². The zero-order valence-electron chi connectivity index (χ0n) is 16.9. The average molecular weight is 380 g/mol. The van der Waals surface area contributed by atoms with Crippen molar-refractivity contribution in [1.82, 2.24) is 5.32 Å². The van der Waals surface area contributed by atoms with Crippen LogP contribution in [0.5, 0.6) is 5.75 Å². The van der Waals surface area contributed by atoms with Gasteiger partial charge < -0.3 is 19.9 Å². The van der Waals surface area contributed by atoms with Crippen LogP contribution >= 0.6 is 0 Å². The van der Waals surface area contributed by atoms with Gasteiger partial charge in [-0.25, -0.2) is 4.79 Å². The second-order valence-electron chi connectivity index (χ2n) is 7.48. The van der Waals surface area contributed by atoms with Crippen molar-refractivity contribution in [2.45, 2.75) is 59.1 Å². The molecule has 1 rings (SSSR count). The fraction of sp³-hybridized carbons (Fsp3) is 0.600. The van der Waals surface area contributed by atoms with Gasteiger partial charge in [0.05, 0.1) is 12.2 Å². The molecular weight excluding hydrogens is 348 g/mol. The van der Waals surface area contributed by atoms with Crippen molar-refractivity contribution in [1.29, 1.82) is 0 Å². The number of hydrogen-bond acceptors (Lipinski definition) is 6. The molecule has 27 heavy (non-hydrogen) atoms. The number of carbonyl (C=O) groups is 2. The van der Waals surface area contributed by atoms with Crippen molar-refractivity contribution in [2.24, 2.45) is 0 Å². The number of unbranched alkanes of at least 4 members (excludes halogenated alkanes) is 1. The molecule has 0 heterocycles. The van der Waals surface area contributed by atoms with E-state index in [0.29, 0.717) is 30.2 Å². The number of anilines is 1. The normalized spacial score (nSPS) is 12.4. The Labute approximate surface area is 161 Å². The van der Waals surface area contributed by atoms with Crippen LogP contribution in [0.15, 0.2) is 18.2 Å². The van der Waals surface area contributed by atoms with E-state index in [1.807, 2.05) is 27.7 Å². The molecule has 1 atom stereocenters. The summed E-state index contributed by atoms with van der Waals surface area (Å²) < 4.78 is 10.7. The number of β-amino-alcohol motifs (C(OH)–C–C–N with tert-alkyl or cyclic N) is 1. The summed E-state index contributed by atoms with van der Waals surface area (Å²) in [5, 5.41) is 15.8. The van der Waals surface area contributed by atoms with Crippen LogP contribution in [0, 0.1) is 0 Å². The standard InChI is InChI=1S/C20H32N2O5/c1-6-7-10-26-19(25)22-15-8-9-18(17(11-15)14(2)23)27-13-16(24)12-21-20(3,4)5/h8-9,11,16,21,24H,6-7,10,12-13H2,1-5H3,(H,22,25). The van der Waals surface area contributed by atoms with Crippen LogP contribution in [0.3, 0.4) is 0 Å². The maximum absolute atomic E-state index is 11.9. The van der Waals surface area contributed by atoms with E-state index in [1.165, 1.54) is 6.92 Å². The van der Waals surface area contributed by atoms with Crippen molar-refractivity contribution >= 4 is 17.6 Å². The smallest absolute Gasteiger partial charge is 0.411 e. The number of benzene rings is 1. The zero-order valence-corrected chi connectivity index (χ0v) is 16.9. The van der Waals surface area contributed by atoms with E-state index >= 15 is 0 Å². The monoisotopic (exact) mass is 380 g/mol. The SMILES string of the molecule is CCCCOC(=O)Nc1ccc(OCC(O)CNC(C)(C)C)c(C(C)=O)c1. The topological polar surface area (TPSA) is 96.9 Å². The molecule has 0 spiro atoms. The summed E-state index contributed by atoms with van der Waals surface area (Å²) >= 11 is 0. The summed E-state index contributed by atoms with van der Waals surface area (Å²) in [6.07, 6.45) is 0.460. The third-order valence-corrected chi connectivity index (χ3v) is 3.64. The number of hydrogen-bond donors (Lipinski definition) is 3. The number of aliphatic hydroxyl groups excluding tert-OH is 1. The van der Waals surface area contributed by atoms with E-state index in [-0.39, 0.29) is 17.9 Å². The van der Waals surface area contributed by atoms with Crippen LogP contribution in [-0.4, -0.2) is 48.4 Å². The van der Waals surface area contributed by atoms with Gasteiger partial charge in [0, 0.05) is 17.8 Å². The molecule has 0 aromatic heterocycles. The van der Waals surface area contributed by atoms with Crippen LogP contribution in [0.1, 0.15) is 57.8 Å². The van der Waals surface area contributed by atoms with Gasteiger partial charge in [0.2, 0.25) is 0 Å². The molecule has 152 valence electrons. The second-order valence-corrected chi connectivity index (χ2v) is 7.48. The van der Waals surface area contributed by atoms with E-state index in [1.54, 1.807) is 18.2 Å². The molecule has 0 bridgehead atoms. The molecule has 0 aliphatic carbocycles. The van der Waals surface area contributed by atoms with Crippen LogP contribution in [0.4, 0.5) is 10.5 Å². The van der Waals surface area contributed by atoms with Crippen LogP contribution in [0.2, 0.25) is 0 Å². The quantitative estimate of drug-likeness (QED) is 0.425. The highest BCUT2D eigenvalue weighted by Gasteiger charge is 2.15. The van der Waals surface area contributed by atoms with Gasteiger partial charge in [-0.3, -0.25) is 10.1 Å². The molecule has 7 heteroatoms.